The van der Waals surface area contributed by atoms with Gasteiger partial charge >= 0.3 is 0 Å². The zero-order chi connectivity index (χ0) is 11.8. The van der Waals surface area contributed by atoms with E-state index in [0.29, 0.717) is 13.2 Å². The Morgan fingerprint density at radius 1 is 1.47 bits per heavy atom. The maximum absolute atomic E-state index is 11.7. The van der Waals surface area contributed by atoms with Crippen molar-refractivity contribution >= 4 is 18.3 Å². The Balaban J connectivity index is 0.00000256. The highest BCUT2D eigenvalue weighted by Gasteiger charge is 2.20. The van der Waals surface area contributed by atoms with Crippen LogP contribution in [0.15, 0.2) is 0 Å². The van der Waals surface area contributed by atoms with Crippen LogP contribution in [0, 0.1) is 0 Å². The van der Waals surface area contributed by atoms with Crippen LogP contribution in [0.4, 0.5) is 0 Å². The molecule has 1 aliphatic heterocycles. The van der Waals surface area contributed by atoms with E-state index in [9.17, 15) is 4.79 Å². The third kappa shape index (κ3) is 6.86. The van der Waals surface area contributed by atoms with Crippen molar-refractivity contribution in [1.82, 2.24) is 4.90 Å². The number of amides is 1. The number of nitrogens with zero attached hydrogens (tertiary/aromatic N) is 1. The van der Waals surface area contributed by atoms with Crippen LogP contribution in [0.1, 0.15) is 39.0 Å². The molecule has 0 spiro atoms. The average Bonchev–Trinajstić information content (AvgIpc) is 2.28. The van der Waals surface area contributed by atoms with E-state index in [4.69, 9.17) is 10.5 Å². The van der Waals surface area contributed by atoms with Crippen LogP contribution in [0.3, 0.4) is 0 Å². The largest absolute Gasteiger partial charge is 0.372 e. The fourth-order valence-corrected chi connectivity index (χ4v) is 1.94. The van der Waals surface area contributed by atoms with E-state index >= 15 is 0 Å². The van der Waals surface area contributed by atoms with Crippen molar-refractivity contribution in [2.24, 2.45) is 5.73 Å². The second-order valence-corrected chi connectivity index (χ2v) is 4.50. The number of unbranched alkanes of at least 4 members (excludes halogenated alkanes) is 2. The summed E-state index contributed by atoms with van der Waals surface area (Å²) in [5.74, 6) is 0.0895. The summed E-state index contributed by atoms with van der Waals surface area (Å²) in [6.45, 7) is 4.60. The van der Waals surface area contributed by atoms with Crippen molar-refractivity contribution in [3.63, 3.8) is 0 Å². The Morgan fingerprint density at radius 2 is 2.24 bits per heavy atom. The fraction of sp³-hybridized carbons (Fsp3) is 0.917. The third-order valence-corrected chi connectivity index (χ3v) is 2.93. The van der Waals surface area contributed by atoms with Crippen molar-refractivity contribution in [3.8, 4) is 0 Å². The molecule has 102 valence electrons. The Hall–Kier alpha value is -0.320. The quantitative estimate of drug-likeness (QED) is 0.741. The number of rotatable bonds is 6. The molecule has 1 unspecified atom stereocenters. The molecule has 0 aromatic rings. The highest BCUT2D eigenvalue weighted by atomic mass is 35.5. The average molecular weight is 265 g/mol. The second kappa shape index (κ2) is 9.68. The molecule has 1 aliphatic rings. The van der Waals surface area contributed by atoms with Gasteiger partial charge in [0.15, 0.2) is 0 Å². The van der Waals surface area contributed by atoms with Crippen molar-refractivity contribution in [2.75, 3.05) is 26.3 Å². The predicted molar refractivity (Wildman–Crippen MR) is 71.4 cm³/mol. The summed E-state index contributed by atoms with van der Waals surface area (Å²) < 4.78 is 5.35. The molecule has 1 amide bonds. The summed E-state index contributed by atoms with van der Waals surface area (Å²) >= 11 is 0. The fourth-order valence-electron chi connectivity index (χ4n) is 1.94. The Bertz CT molecular complexity index is 215. The lowest BCUT2D eigenvalue weighted by Gasteiger charge is -2.30. The van der Waals surface area contributed by atoms with Crippen LogP contribution in [-0.4, -0.2) is 43.2 Å². The molecule has 0 saturated carbocycles. The zero-order valence-electron chi connectivity index (χ0n) is 10.7. The molecule has 0 radical (unpaired) electrons. The van der Waals surface area contributed by atoms with Gasteiger partial charge in [-0.15, -0.1) is 12.4 Å². The number of carbonyl (C=O) groups excluding carboxylic acids is 1. The predicted octanol–water partition coefficient (Wildman–Crippen LogP) is 1.56. The summed E-state index contributed by atoms with van der Waals surface area (Å²) in [5.41, 5.74) is 5.82. The topological polar surface area (TPSA) is 55.6 Å². The highest BCUT2D eigenvalue weighted by Crippen LogP contribution is 2.08. The van der Waals surface area contributed by atoms with E-state index in [-0.39, 0.29) is 31.0 Å². The van der Waals surface area contributed by atoms with E-state index in [0.717, 1.165) is 25.8 Å². The summed E-state index contributed by atoms with van der Waals surface area (Å²) in [6, 6.07) is 0.151. The monoisotopic (exact) mass is 264 g/mol. The summed E-state index contributed by atoms with van der Waals surface area (Å²) in [6.07, 6.45) is 5.44. The minimum Gasteiger partial charge on any atom is -0.372 e. The van der Waals surface area contributed by atoms with Crippen molar-refractivity contribution in [2.45, 2.75) is 45.1 Å². The van der Waals surface area contributed by atoms with E-state index in [2.05, 4.69) is 6.92 Å². The number of piperidine rings is 1. The SMILES string of the molecule is CCCCCOCC(=O)N1CCCC(N)C1.Cl. The molecule has 0 aromatic heterocycles. The molecule has 0 aliphatic carbocycles. The first-order valence-electron chi connectivity index (χ1n) is 6.35. The molecule has 0 bridgehead atoms. The Morgan fingerprint density at radius 3 is 2.88 bits per heavy atom. The normalized spacial score (nSPS) is 19.9. The second-order valence-electron chi connectivity index (χ2n) is 4.50. The third-order valence-electron chi connectivity index (χ3n) is 2.93. The smallest absolute Gasteiger partial charge is 0.248 e. The van der Waals surface area contributed by atoms with E-state index in [1.807, 2.05) is 4.90 Å². The van der Waals surface area contributed by atoms with Gasteiger partial charge in [-0.25, -0.2) is 0 Å². The van der Waals surface area contributed by atoms with Gasteiger partial charge in [-0.2, -0.15) is 0 Å². The van der Waals surface area contributed by atoms with Gasteiger partial charge in [0.1, 0.15) is 6.61 Å². The number of nitrogens with two attached hydrogens (primary N) is 1. The van der Waals surface area contributed by atoms with Gasteiger partial charge in [-0.1, -0.05) is 19.8 Å². The van der Waals surface area contributed by atoms with Crippen molar-refractivity contribution in [1.29, 1.82) is 0 Å². The first kappa shape index (κ1) is 16.7. The zero-order valence-corrected chi connectivity index (χ0v) is 11.5. The molecule has 1 saturated heterocycles. The lowest BCUT2D eigenvalue weighted by Crippen LogP contribution is -2.46. The van der Waals surface area contributed by atoms with Crippen LogP contribution in [0.25, 0.3) is 0 Å². The van der Waals surface area contributed by atoms with Crippen LogP contribution >= 0.6 is 12.4 Å². The van der Waals surface area contributed by atoms with Gasteiger partial charge in [-0.05, 0) is 19.3 Å². The number of hydrogen-bond donors (Lipinski definition) is 1. The van der Waals surface area contributed by atoms with Gasteiger partial charge in [0.2, 0.25) is 5.91 Å². The lowest BCUT2D eigenvalue weighted by atomic mass is 10.1. The van der Waals surface area contributed by atoms with E-state index in [1.165, 1.54) is 12.8 Å². The maximum atomic E-state index is 11.7. The molecule has 1 fully saturated rings. The molecule has 4 nitrogen and oxygen atoms in total. The van der Waals surface area contributed by atoms with Crippen molar-refractivity contribution in [3.05, 3.63) is 0 Å². The minimum absolute atomic E-state index is 0. The van der Waals surface area contributed by atoms with Gasteiger partial charge in [0.25, 0.3) is 0 Å². The molecule has 1 atom stereocenters. The van der Waals surface area contributed by atoms with E-state index in [1.54, 1.807) is 0 Å². The minimum atomic E-state index is 0. The first-order chi connectivity index (χ1) is 7.74. The Kier molecular flexibility index (Phi) is 9.50. The molecular formula is C12H25ClN2O2. The van der Waals surface area contributed by atoms with Gasteiger partial charge in [0.05, 0.1) is 0 Å². The van der Waals surface area contributed by atoms with Crippen LogP contribution < -0.4 is 5.73 Å². The van der Waals surface area contributed by atoms with Gasteiger partial charge in [-0.3, -0.25) is 4.79 Å². The van der Waals surface area contributed by atoms with E-state index < -0.39 is 0 Å². The van der Waals surface area contributed by atoms with Crippen LogP contribution in [0.5, 0.6) is 0 Å². The number of hydrogen-bond acceptors (Lipinski definition) is 3. The number of likely N-dealkylation sites (tertiary alicyclic amines) is 1. The molecule has 5 heteroatoms. The van der Waals surface area contributed by atoms with Crippen molar-refractivity contribution < 1.29 is 9.53 Å². The van der Waals surface area contributed by atoms with Gasteiger partial charge in [0, 0.05) is 25.7 Å². The molecule has 0 aromatic carbocycles. The maximum Gasteiger partial charge on any atom is 0.248 e. The number of halogens is 1. The first-order valence-corrected chi connectivity index (χ1v) is 6.35. The van der Waals surface area contributed by atoms with Gasteiger partial charge < -0.3 is 15.4 Å². The standard InChI is InChI=1S/C12H24N2O2.ClH/c1-2-3-4-8-16-10-12(15)14-7-5-6-11(13)9-14;/h11H,2-10,13H2,1H3;1H. The molecular weight excluding hydrogens is 240 g/mol. The van der Waals surface area contributed by atoms with Crippen LogP contribution in [-0.2, 0) is 9.53 Å². The number of carbonyl (C=O) groups is 1. The lowest BCUT2D eigenvalue weighted by molar-refractivity contribution is -0.137. The molecule has 1 rings (SSSR count). The molecule has 2 N–H and O–H groups in total. The van der Waals surface area contributed by atoms with Crippen LogP contribution in [0.2, 0.25) is 0 Å². The number of ether oxygens (including phenoxy) is 1. The summed E-state index contributed by atoms with van der Waals surface area (Å²) in [7, 11) is 0. The summed E-state index contributed by atoms with van der Waals surface area (Å²) in [4.78, 5) is 13.5. The molecule has 17 heavy (non-hydrogen) atoms. The Labute approximate surface area is 110 Å². The molecule has 1 heterocycles. The highest BCUT2D eigenvalue weighted by molar-refractivity contribution is 5.85. The summed E-state index contributed by atoms with van der Waals surface area (Å²) in [5, 5.41) is 0.